The van der Waals surface area contributed by atoms with E-state index in [0.717, 1.165) is 10.0 Å². The molecule has 0 aliphatic carbocycles. The lowest BCUT2D eigenvalue weighted by atomic mass is 10.0. The van der Waals surface area contributed by atoms with E-state index in [1.807, 2.05) is 0 Å². The largest absolute Gasteiger partial charge is 0.465 e. The maximum atomic E-state index is 11.3. The van der Waals surface area contributed by atoms with Gasteiger partial charge in [-0.3, -0.25) is 0 Å². The summed E-state index contributed by atoms with van der Waals surface area (Å²) >= 11 is 3.42. The van der Waals surface area contributed by atoms with Crippen LogP contribution in [0.5, 0.6) is 0 Å². The summed E-state index contributed by atoms with van der Waals surface area (Å²) in [7, 11) is 1.34. The van der Waals surface area contributed by atoms with Crippen LogP contribution in [0.3, 0.4) is 0 Å². The van der Waals surface area contributed by atoms with Crippen LogP contribution < -0.4 is 5.73 Å². The molecule has 0 fully saturated rings. The summed E-state index contributed by atoms with van der Waals surface area (Å²) in [4.78, 5) is 11.3. The summed E-state index contributed by atoms with van der Waals surface area (Å²) in [5, 5.41) is 0. The fourth-order valence-corrected chi connectivity index (χ4v) is 2.14. The Bertz CT molecular complexity index is 388. The first kappa shape index (κ1) is 12.0. The van der Waals surface area contributed by atoms with Gasteiger partial charge < -0.3 is 10.5 Å². The highest BCUT2D eigenvalue weighted by Gasteiger charge is 2.14. The SMILES string of the molecule is COC(=O)c1cc(Br)c(C(C)C)cc1N. The minimum atomic E-state index is -0.413. The smallest absolute Gasteiger partial charge is 0.339 e. The topological polar surface area (TPSA) is 52.3 Å². The van der Waals surface area contributed by atoms with Crippen molar-refractivity contribution in [2.24, 2.45) is 0 Å². The fraction of sp³-hybridized carbons (Fsp3) is 0.364. The van der Waals surface area contributed by atoms with Crippen LogP contribution in [0, 0.1) is 0 Å². The highest BCUT2D eigenvalue weighted by atomic mass is 79.9. The van der Waals surface area contributed by atoms with Crippen LogP contribution in [0.15, 0.2) is 16.6 Å². The fourth-order valence-electron chi connectivity index (χ4n) is 1.34. The van der Waals surface area contributed by atoms with E-state index in [1.54, 1.807) is 12.1 Å². The number of nitrogen functional groups attached to an aromatic ring is 1. The normalized spacial score (nSPS) is 10.5. The van der Waals surface area contributed by atoms with Gasteiger partial charge in [0.05, 0.1) is 12.7 Å². The van der Waals surface area contributed by atoms with Gasteiger partial charge in [-0.25, -0.2) is 4.79 Å². The molecule has 82 valence electrons. The third kappa shape index (κ3) is 2.50. The Morgan fingerprint density at radius 3 is 2.53 bits per heavy atom. The molecule has 15 heavy (non-hydrogen) atoms. The molecule has 0 amide bonds. The monoisotopic (exact) mass is 271 g/mol. The van der Waals surface area contributed by atoms with Crippen molar-refractivity contribution in [3.63, 3.8) is 0 Å². The molecule has 1 aromatic carbocycles. The second kappa shape index (κ2) is 4.66. The van der Waals surface area contributed by atoms with Crippen molar-refractivity contribution in [3.05, 3.63) is 27.7 Å². The second-order valence-electron chi connectivity index (χ2n) is 3.61. The first-order chi connectivity index (χ1) is 6.97. The predicted octanol–water partition coefficient (Wildman–Crippen LogP) is 2.94. The van der Waals surface area contributed by atoms with Crippen molar-refractivity contribution in [1.29, 1.82) is 0 Å². The molecule has 0 saturated heterocycles. The molecule has 0 aromatic heterocycles. The van der Waals surface area contributed by atoms with Crippen LogP contribution in [0.4, 0.5) is 5.69 Å². The summed E-state index contributed by atoms with van der Waals surface area (Å²) < 4.78 is 5.51. The highest BCUT2D eigenvalue weighted by Crippen LogP contribution is 2.29. The van der Waals surface area contributed by atoms with Crippen LogP contribution in [0.25, 0.3) is 0 Å². The number of nitrogens with two attached hydrogens (primary N) is 1. The molecule has 0 saturated carbocycles. The number of esters is 1. The highest BCUT2D eigenvalue weighted by molar-refractivity contribution is 9.10. The van der Waals surface area contributed by atoms with Crippen molar-refractivity contribution in [1.82, 2.24) is 0 Å². The van der Waals surface area contributed by atoms with Gasteiger partial charge in [0.2, 0.25) is 0 Å². The zero-order chi connectivity index (χ0) is 11.6. The van der Waals surface area contributed by atoms with E-state index in [4.69, 9.17) is 5.73 Å². The van der Waals surface area contributed by atoms with Crippen molar-refractivity contribution in [2.75, 3.05) is 12.8 Å². The molecule has 0 spiro atoms. The summed E-state index contributed by atoms with van der Waals surface area (Å²) in [6, 6.07) is 3.51. The van der Waals surface area contributed by atoms with Crippen LogP contribution in [-0.4, -0.2) is 13.1 Å². The summed E-state index contributed by atoms with van der Waals surface area (Å²) in [6.07, 6.45) is 0. The number of ether oxygens (including phenoxy) is 1. The van der Waals surface area contributed by atoms with Crippen LogP contribution in [-0.2, 0) is 4.74 Å². The van der Waals surface area contributed by atoms with Gasteiger partial charge in [-0.05, 0) is 23.6 Å². The quantitative estimate of drug-likeness (QED) is 0.665. The minimum Gasteiger partial charge on any atom is -0.465 e. The molecule has 0 bridgehead atoms. The zero-order valence-corrected chi connectivity index (χ0v) is 10.6. The van der Waals surface area contributed by atoms with E-state index in [2.05, 4.69) is 34.5 Å². The third-order valence-corrected chi connectivity index (χ3v) is 2.88. The molecule has 0 atom stereocenters. The predicted molar refractivity (Wildman–Crippen MR) is 64.0 cm³/mol. The molecule has 0 heterocycles. The Morgan fingerprint density at radius 1 is 1.47 bits per heavy atom. The van der Waals surface area contributed by atoms with Crippen molar-refractivity contribution >= 4 is 27.6 Å². The lowest BCUT2D eigenvalue weighted by Gasteiger charge is -2.12. The van der Waals surface area contributed by atoms with Crippen molar-refractivity contribution in [2.45, 2.75) is 19.8 Å². The van der Waals surface area contributed by atoms with Gasteiger partial charge in [0.25, 0.3) is 0 Å². The molecular weight excluding hydrogens is 258 g/mol. The summed E-state index contributed by atoms with van der Waals surface area (Å²) in [6.45, 7) is 4.13. The minimum absolute atomic E-state index is 0.355. The van der Waals surface area contributed by atoms with Crippen LogP contribution >= 0.6 is 15.9 Å². The summed E-state index contributed by atoms with van der Waals surface area (Å²) in [5.74, 6) is -0.0584. The molecule has 1 aromatic rings. The van der Waals surface area contributed by atoms with Crippen LogP contribution in [0.2, 0.25) is 0 Å². The lowest BCUT2D eigenvalue weighted by molar-refractivity contribution is 0.0602. The van der Waals surface area contributed by atoms with Crippen molar-refractivity contribution < 1.29 is 9.53 Å². The van der Waals surface area contributed by atoms with Gasteiger partial charge in [-0.1, -0.05) is 29.8 Å². The van der Waals surface area contributed by atoms with E-state index in [-0.39, 0.29) is 0 Å². The van der Waals surface area contributed by atoms with E-state index in [9.17, 15) is 4.79 Å². The number of benzene rings is 1. The molecule has 0 radical (unpaired) electrons. The van der Waals surface area contributed by atoms with Gasteiger partial charge in [0, 0.05) is 10.2 Å². The number of carbonyl (C=O) groups is 1. The molecule has 3 nitrogen and oxygen atoms in total. The Labute approximate surface area is 97.7 Å². The lowest BCUT2D eigenvalue weighted by Crippen LogP contribution is -2.07. The standard InChI is InChI=1S/C11H14BrNO2/c1-6(2)7-5-10(13)8(4-9(7)12)11(14)15-3/h4-6H,13H2,1-3H3. The van der Waals surface area contributed by atoms with Gasteiger partial charge in [-0.2, -0.15) is 0 Å². The zero-order valence-electron chi connectivity index (χ0n) is 9.00. The number of anilines is 1. The van der Waals surface area contributed by atoms with Crippen molar-refractivity contribution in [3.8, 4) is 0 Å². The molecule has 1 rings (SSSR count). The number of rotatable bonds is 2. The summed E-state index contributed by atoms with van der Waals surface area (Å²) in [5.41, 5.74) is 7.72. The van der Waals surface area contributed by atoms with Gasteiger partial charge in [-0.15, -0.1) is 0 Å². The molecule has 0 aliphatic rings. The average molecular weight is 272 g/mol. The number of hydrogen-bond acceptors (Lipinski definition) is 3. The van der Waals surface area contributed by atoms with Gasteiger partial charge in [0.1, 0.15) is 0 Å². The van der Waals surface area contributed by atoms with E-state index >= 15 is 0 Å². The Balaban J connectivity index is 3.25. The Kier molecular flexibility index (Phi) is 3.74. The molecule has 0 unspecified atom stereocenters. The third-order valence-electron chi connectivity index (χ3n) is 2.20. The van der Waals surface area contributed by atoms with E-state index in [1.165, 1.54) is 7.11 Å². The Hall–Kier alpha value is -1.03. The van der Waals surface area contributed by atoms with E-state index in [0.29, 0.717) is 17.2 Å². The molecule has 2 N–H and O–H groups in total. The van der Waals surface area contributed by atoms with Gasteiger partial charge in [0.15, 0.2) is 0 Å². The first-order valence-electron chi connectivity index (χ1n) is 4.64. The Morgan fingerprint density at radius 2 is 2.07 bits per heavy atom. The van der Waals surface area contributed by atoms with E-state index < -0.39 is 5.97 Å². The molecule has 4 heteroatoms. The maximum Gasteiger partial charge on any atom is 0.339 e. The number of halogens is 1. The average Bonchev–Trinajstić information content (AvgIpc) is 2.19. The maximum absolute atomic E-state index is 11.3. The molecule has 0 aliphatic heterocycles. The van der Waals surface area contributed by atoms with Crippen LogP contribution in [0.1, 0.15) is 35.7 Å². The molecular formula is C11H14BrNO2. The number of carbonyl (C=O) groups excluding carboxylic acids is 1. The number of methoxy groups -OCH3 is 1. The first-order valence-corrected chi connectivity index (χ1v) is 5.44. The van der Waals surface area contributed by atoms with Gasteiger partial charge >= 0.3 is 5.97 Å². The number of hydrogen-bond donors (Lipinski definition) is 1. The second-order valence-corrected chi connectivity index (χ2v) is 4.46.